The molecule has 0 unspecified atom stereocenters. The highest BCUT2D eigenvalue weighted by molar-refractivity contribution is 7.89. The normalized spacial score (nSPS) is 23.8. The number of aryl methyl sites for hydroxylation is 1. The minimum Gasteiger partial charge on any atom is -0.475 e. The zero-order chi connectivity index (χ0) is 29.7. The molecule has 0 spiro atoms. The second-order valence-electron chi connectivity index (χ2n) is 8.89. The van der Waals surface area contributed by atoms with Crippen molar-refractivity contribution in [1.29, 1.82) is 0 Å². The van der Waals surface area contributed by atoms with Gasteiger partial charge in [0.1, 0.15) is 12.7 Å². The van der Waals surface area contributed by atoms with Crippen molar-refractivity contribution in [2.75, 3.05) is 12.3 Å². The molecule has 0 amide bonds. The molecule has 2 aromatic heterocycles. The van der Waals surface area contributed by atoms with Gasteiger partial charge in [0, 0.05) is 21.8 Å². The number of rotatable bonds is 6. The number of aliphatic hydroxyl groups is 1. The number of aliphatic carboxylic acids is 1. The van der Waals surface area contributed by atoms with Gasteiger partial charge in [0.25, 0.3) is 0 Å². The second kappa shape index (κ2) is 9.04. The Morgan fingerprint density at radius 1 is 1.32 bits per heavy atom. The molecule has 3 aromatic rings. The first-order chi connectivity index (χ1) is 18.4. The molecule has 1 aromatic carbocycles. The molecule has 2 heterocycles. The molecule has 0 aliphatic heterocycles. The molecular weight excluding hydrogens is 519 g/mol. The summed E-state index contributed by atoms with van der Waals surface area (Å²) in [4.78, 5) is 21.1. The zero-order valence-corrected chi connectivity index (χ0v) is 19.6. The lowest BCUT2D eigenvalue weighted by Gasteiger charge is -2.69. The fourth-order valence-corrected chi connectivity index (χ4v) is 5.95. The van der Waals surface area contributed by atoms with E-state index in [1.807, 2.05) is 0 Å². The Labute approximate surface area is 212 Å². The number of nitrogens with two attached hydrogens (primary N) is 1. The fraction of sp³-hybridized carbons (Fsp3) is 0.381. The summed E-state index contributed by atoms with van der Waals surface area (Å²) in [5, 5.41) is 20.5. The van der Waals surface area contributed by atoms with Gasteiger partial charge in [0.2, 0.25) is 10.0 Å². The monoisotopic (exact) mass is 544 g/mol. The van der Waals surface area contributed by atoms with Crippen LogP contribution in [-0.4, -0.2) is 67.7 Å². The number of benzene rings is 1. The van der Waals surface area contributed by atoms with Crippen molar-refractivity contribution >= 4 is 21.8 Å². The van der Waals surface area contributed by atoms with Crippen molar-refractivity contribution in [3.05, 3.63) is 42.6 Å². The zero-order valence-electron chi connectivity index (χ0n) is 21.8. The molecule has 198 valence electrons. The summed E-state index contributed by atoms with van der Waals surface area (Å²) in [5.41, 5.74) is 5.33. The van der Waals surface area contributed by atoms with Crippen LogP contribution in [0.3, 0.4) is 0 Å². The average Bonchev–Trinajstić information content (AvgIpc) is 3.34. The molecule has 3 aliphatic carbocycles. The maximum Gasteiger partial charge on any atom is 0.490 e. The van der Waals surface area contributed by atoms with Crippen molar-refractivity contribution in [3.63, 3.8) is 0 Å². The largest absolute Gasteiger partial charge is 0.490 e. The minimum atomic E-state index is -5.08. The number of nitrogens with one attached hydrogen (secondary N) is 1. The predicted molar refractivity (Wildman–Crippen MR) is 122 cm³/mol. The van der Waals surface area contributed by atoms with E-state index in [1.54, 1.807) is 0 Å². The van der Waals surface area contributed by atoms with E-state index < -0.39 is 34.6 Å². The first-order valence-electron chi connectivity index (χ1n) is 12.0. The van der Waals surface area contributed by atoms with Crippen molar-refractivity contribution in [2.45, 2.75) is 42.7 Å². The number of hydrogen-bond acceptors (Lipinski definition) is 9. The lowest BCUT2D eigenvalue weighted by atomic mass is 9.40. The molecule has 6 rings (SSSR count). The van der Waals surface area contributed by atoms with Crippen LogP contribution in [0.2, 0.25) is 0 Å². The average molecular weight is 545 g/mol. The van der Waals surface area contributed by atoms with Crippen LogP contribution in [0.15, 0.2) is 41.9 Å². The van der Waals surface area contributed by atoms with E-state index in [-0.39, 0.29) is 45.4 Å². The van der Waals surface area contributed by atoms with Gasteiger partial charge in [-0.15, -0.1) is 0 Å². The number of carboxylic acids is 1. The Morgan fingerprint density at radius 3 is 2.54 bits per heavy atom. The number of aromatic nitrogens is 5. The molecule has 16 heteroatoms. The SMILES string of the molecule is O=C(O)C(F)(F)F.[2H]C([2H])([2H])c1ccc(S(=O)(=O)NC23CC(CO)(C2)C3)cc1-c1cnc(N)c(-n2cncn2)n1. The summed E-state index contributed by atoms with van der Waals surface area (Å²) in [6.45, 7) is -2.49. The number of alkyl halides is 3. The first-order valence-corrected chi connectivity index (χ1v) is 12.0. The molecule has 5 N–H and O–H groups in total. The van der Waals surface area contributed by atoms with Crippen LogP contribution in [0, 0.1) is 12.3 Å². The minimum absolute atomic E-state index is 0.0395. The Bertz CT molecular complexity index is 1530. The van der Waals surface area contributed by atoms with Crippen LogP contribution in [0.25, 0.3) is 17.1 Å². The maximum atomic E-state index is 13.1. The Morgan fingerprint density at radius 2 is 2.00 bits per heavy atom. The van der Waals surface area contributed by atoms with Gasteiger partial charge in [-0.1, -0.05) is 6.07 Å². The van der Waals surface area contributed by atoms with Gasteiger partial charge in [-0.25, -0.2) is 32.9 Å². The van der Waals surface area contributed by atoms with E-state index in [0.717, 1.165) is 0 Å². The molecule has 3 saturated carbocycles. The van der Waals surface area contributed by atoms with Gasteiger partial charge < -0.3 is 15.9 Å². The number of aliphatic hydroxyl groups excluding tert-OH is 1. The highest BCUT2D eigenvalue weighted by atomic mass is 32.2. The molecule has 3 aliphatic rings. The molecule has 0 saturated heterocycles. The van der Waals surface area contributed by atoms with E-state index in [1.165, 1.54) is 41.7 Å². The summed E-state index contributed by atoms with van der Waals surface area (Å²) in [5.74, 6) is -2.57. The van der Waals surface area contributed by atoms with Crippen LogP contribution < -0.4 is 10.5 Å². The fourth-order valence-electron chi connectivity index (χ4n) is 4.53. The van der Waals surface area contributed by atoms with Gasteiger partial charge in [-0.05, 0) is 49.2 Å². The van der Waals surface area contributed by atoms with Crippen molar-refractivity contribution in [1.82, 2.24) is 29.5 Å². The van der Waals surface area contributed by atoms with Gasteiger partial charge >= 0.3 is 12.1 Å². The number of sulfonamides is 1. The van der Waals surface area contributed by atoms with Gasteiger partial charge in [-0.3, -0.25) is 0 Å². The Balaban J connectivity index is 0.000000470. The summed E-state index contributed by atoms with van der Waals surface area (Å²) in [7, 11) is -3.95. The van der Waals surface area contributed by atoms with Crippen molar-refractivity contribution < 1.29 is 40.7 Å². The van der Waals surface area contributed by atoms with Gasteiger partial charge in [0.15, 0.2) is 11.6 Å². The highest BCUT2D eigenvalue weighted by Crippen LogP contribution is 2.67. The lowest BCUT2D eigenvalue weighted by Crippen LogP contribution is -2.75. The summed E-state index contributed by atoms with van der Waals surface area (Å²) in [6.07, 6.45) is 0.604. The second-order valence-corrected chi connectivity index (χ2v) is 10.6. The Hall–Kier alpha value is -3.63. The molecule has 0 radical (unpaired) electrons. The predicted octanol–water partition coefficient (Wildman–Crippen LogP) is 1.44. The standard InChI is InChI=1S/C19H21N7O3S.C2HF3O2/c1-12-2-3-13(30(28,29)25-19-6-18(7-19,8-19)9-27)4-14(12)15-5-22-16(20)17(24-15)26-11-21-10-23-26;3-2(4,5)1(6)7/h2-5,10-11,25,27H,6-9H2,1H3,(H2,20,22);(H,6,7)/i1D3;. The number of anilines is 1. The van der Waals surface area contributed by atoms with E-state index >= 15 is 0 Å². The molecule has 37 heavy (non-hydrogen) atoms. The van der Waals surface area contributed by atoms with Crippen LogP contribution >= 0.6 is 0 Å². The highest BCUT2D eigenvalue weighted by Gasteiger charge is 2.68. The van der Waals surface area contributed by atoms with E-state index in [2.05, 4.69) is 24.8 Å². The summed E-state index contributed by atoms with van der Waals surface area (Å²) >= 11 is 0. The van der Waals surface area contributed by atoms with Gasteiger partial charge in [-0.2, -0.15) is 23.0 Å². The smallest absolute Gasteiger partial charge is 0.475 e. The number of nitrogen functional groups attached to an aromatic ring is 1. The van der Waals surface area contributed by atoms with Crippen molar-refractivity contribution in [3.8, 4) is 17.1 Å². The molecule has 0 atom stereocenters. The third-order valence-electron chi connectivity index (χ3n) is 6.06. The number of hydrogen-bond donors (Lipinski definition) is 4. The summed E-state index contributed by atoms with van der Waals surface area (Å²) < 4.78 is 85.7. The van der Waals surface area contributed by atoms with Crippen molar-refractivity contribution in [2.24, 2.45) is 5.41 Å². The van der Waals surface area contributed by atoms with Crippen LogP contribution in [0.4, 0.5) is 19.0 Å². The van der Waals surface area contributed by atoms with E-state index in [4.69, 9.17) is 19.7 Å². The van der Waals surface area contributed by atoms with E-state index in [0.29, 0.717) is 19.3 Å². The number of nitrogens with zero attached hydrogens (tertiary/aromatic N) is 5. The number of carbonyl (C=O) groups is 1. The van der Waals surface area contributed by atoms with Crippen LogP contribution in [0.1, 0.15) is 28.9 Å². The number of carboxylic acid groups (broad SMARTS) is 1. The third-order valence-corrected chi connectivity index (χ3v) is 7.64. The summed E-state index contributed by atoms with van der Waals surface area (Å²) in [6, 6.07) is 3.81. The lowest BCUT2D eigenvalue weighted by molar-refractivity contribution is -0.192. The number of halogens is 3. The molecule has 3 fully saturated rings. The maximum absolute atomic E-state index is 13.1. The molecule has 2 bridgehead atoms. The molecular formula is C21H22F3N7O5S. The molecule has 12 nitrogen and oxygen atoms in total. The quantitative estimate of drug-likeness (QED) is 0.354. The van der Waals surface area contributed by atoms with Crippen LogP contribution in [0.5, 0.6) is 0 Å². The first kappa shape index (κ1) is 22.6. The Kier molecular flexibility index (Phi) is 5.51. The topological polar surface area (TPSA) is 186 Å². The third kappa shape index (κ3) is 5.12. The van der Waals surface area contributed by atoms with Gasteiger partial charge in [0.05, 0.1) is 16.8 Å². The van der Waals surface area contributed by atoms with E-state index in [9.17, 15) is 26.7 Å². The van der Waals surface area contributed by atoms with Crippen LogP contribution in [-0.2, 0) is 14.8 Å².